The highest BCUT2D eigenvalue weighted by molar-refractivity contribution is 5.84. The van der Waals surface area contributed by atoms with Gasteiger partial charge in [0.25, 0.3) is 0 Å². The molecule has 2 N–H and O–H groups in total. The molecule has 0 radical (unpaired) electrons. The molecule has 90 valence electrons. The van der Waals surface area contributed by atoms with Crippen LogP contribution in [0.4, 0.5) is 0 Å². The molecule has 0 bridgehead atoms. The quantitative estimate of drug-likeness (QED) is 0.839. The number of aryl methyl sites for hydroxylation is 1. The summed E-state index contributed by atoms with van der Waals surface area (Å²) in [5.74, 6) is 0.681. The van der Waals surface area contributed by atoms with E-state index >= 15 is 0 Å². The van der Waals surface area contributed by atoms with Gasteiger partial charge in [0.1, 0.15) is 0 Å². The lowest BCUT2D eigenvalue weighted by molar-refractivity contribution is 0.446. The molecule has 2 aromatic rings. The predicted octanol–water partition coefficient (Wildman–Crippen LogP) is 3.37. The first-order valence-corrected chi connectivity index (χ1v) is 6.57. The standard InChI is InChI=1S/C15H20N2/c1-17-10-13(12-8-4-5-9-14(12)17)15(16)11-6-2-3-7-11/h4-5,8-11,15H,2-3,6-7,16H2,1H3/t15-/m1/s1. The Labute approximate surface area is 102 Å². The van der Waals surface area contributed by atoms with Gasteiger partial charge in [0.2, 0.25) is 0 Å². The van der Waals surface area contributed by atoms with Gasteiger partial charge in [-0.05, 0) is 30.4 Å². The summed E-state index contributed by atoms with van der Waals surface area (Å²) in [6, 6.07) is 8.77. The fourth-order valence-corrected chi connectivity index (χ4v) is 3.21. The summed E-state index contributed by atoms with van der Waals surface area (Å²) in [5, 5.41) is 1.33. The maximum Gasteiger partial charge on any atom is 0.0481 e. The molecule has 1 aliphatic rings. The Morgan fingerprint density at radius 2 is 1.94 bits per heavy atom. The zero-order chi connectivity index (χ0) is 11.8. The lowest BCUT2D eigenvalue weighted by atomic mass is 9.92. The lowest BCUT2D eigenvalue weighted by Crippen LogP contribution is -2.18. The maximum absolute atomic E-state index is 6.47. The van der Waals surface area contributed by atoms with Crippen molar-refractivity contribution in [1.29, 1.82) is 0 Å². The number of rotatable bonds is 2. The van der Waals surface area contributed by atoms with Gasteiger partial charge in [0.05, 0.1) is 0 Å². The van der Waals surface area contributed by atoms with Crippen molar-refractivity contribution in [3.63, 3.8) is 0 Å². The fraction of sp³-hybridized carbons (Fsp3) is 0.467. The third kappa shape index (κ3) is 1.77. The normalized spacial score (nSPS) is 18.9. The zero-order valence-corrected chi connectivity index (χ0v) is 10.4. The zero-order valence-electron chi connectivity index (χ0n) is 10.4. The summed E-state index contributed by atoms with van der Waals surface area (Å²) in [6.45, 7) is 0. The molecule has 17 heavy (non-hydrogen) atoms. The summed E-state index contributed by atoms with van der Waals surface area (Å²) in [4.78, 5) is 0. The van der Waals surface area contributed by atoms with Crippen LogP contribution in [0.5, 0.6) is 0 Å². The van der Waals surface area contributed by atoms with Crippen LogP contribution in [0.1, 0.15) is 37.3 Å². The minimum absolute atomic E-state index is 0.212. The Balaban J connectivity index is 2.04. The largest absolute Gasteiger partial charge is 0.350 e. The van der Waals surface area contributed by atoms with Gasteiger partial charge in [-0.2, -0.15) is 0 Å². The molecule has 1 aromatic carbocycles. The second kappa shape index (κ2) is 4.19. The van der Waals surface area contributed by atoms with E-state index in [2.05, 4.69) is 42.1 Å². The smallest absolute Gasteiger partial charge is 0.0481 e. The van der Waals surface area contributed by atoms with E-state index in [0.717, 1.165) is 0 Å². The second-order valence-electron chi connectivity index (χ2n) is 5.28. The number of aromatic nitrogens is 1. The van der Waals surface area contributed by atoms with E-state index in [9.17, 15) is 0 Å². The average molecular weight is 228 g/mol. The summed E-state index contributed by atoms with van der Waals surface area (Å²) in [6.07, 6.45) is 7.51. The number of nitrogens with two attached hydrogens (primary N) is 1. The van der Waals surface area contributed by atoms with E-state index in [1.54, 1.807) is 0 Å². The van der Waals surface area contributed by atoms with Crippen LogP contribution in [0.2, 0.25) is 0 Å². The maximum atomic E-state index is 6.47. The van der Waals surface area contributed by atoms with Gasteiger partial charge in [-0.1, -0.05) is 31.0 Å². The first-order valence-electron chi connectivity index (χ1n) is 6.57. The number of para-hydroxylation sites is 1. The Hall–Kier alpha value is -1.28. The number of benzene rings is 1. The van der Waals surface area contributed by atoms with Gasteiger partial charge < -0.3 is 10.3 Å². The van der Waals surface area contributed by atoms with Crippen molar-refractivity contribution < 1.29 is 0 Å². The highest BCUT2D eigenvalue weighted by Crippen LogP contribution is 2.37. The van der Waals surface area contributed by atoms with Gasteiger partial charge in [-0.3, -0.25) is 0 Å². The third-order valence-corrected chi connectivity index (χ3v) is 4.19. The molecule has 1 aliphatic carbocycles. The summed E-state index contributed by atoms with van der Waals surface area (Å²) in [7, 11) is 2.10. The van der Waals surface area contributed by atoms with Crippen molar-refractivity contribution in [3.05, 3.63) is 36.0 Å². The van der Waals surface area contributed by atoms with E-state index in [-0.39, 0.29) is 6.04 Å². The molecule has 0 saturated heterocycles. The van der Waals surface area contributed by atoms with Gasteiger partial charge in [-0.15, -0.1) is 0 Å². The number of hydrogen-bond acceptors (Lipinski definition) is 1. The minimum Gasteiger partial charge on any atom is -0.350 e. The molecule has 1 aromatic heterocycles. The first-order chi connectivity index (χ1) is 8.27. The summed E-state index contributed by atoms with van der Waals surface area (Å²) >= 11 is 0. The van der Waals surface area contributed by atoms with Crippen LogP contribution in [0.25, 0.3) is 10.9 Å². The van der Waals surface area contributed by atoms with Crippen molar-refractivity contribution in [2.75, 3.05) is 0 Å². The van der Waals surface area contributed by atoms with E-state index in [4.69, 9.17) is 5.73 Å². The lowest BCUT2D eigenvalue weighted by Gasteiger charge is -2.18. The number of hydrogen-bond donors (Lipinski definition) is 1. The summed E-state index contributed by atoms with van der Waals surface area (Å²) in [5.41, 5.74) is 9.08. The van der Waals surface area contributed by atoms with Gasteiger partial charge in [0, 0.05) is 30.2 Å². The van der Waals surface area contributed by atoms with E-state index in [0.29, 0.717) is 5.92 Å². The van der Waals surface area contributed by atoms with Crippen molar-refractivity contribution in [2.45, 2.75) is 31.7 Å². The topological polar surface area (TPSA) is 30.9 Å². The monoisotopic (exact) mass is 228 g/mol. The van der Waals surface area contributed by atoms with Crippen LogP contribution in [0.15, 0.2) is 30.5 Å². The van der Waals surface area contributed by atoms with Crippen LogP contribution < -0.4 is 5.73 Å². The Bertz CT molecular complexity index is 521. The van der Waals surface area contributed by atoms with Crippen molar-refractivity contribution >= 4 is 10.9 Å². The molecule has 1 fully saturated rings. The van der Waals surface area contributed by atoms with Crippen molar-refractivity contribution in [1.82, 2.24) is 4.57 Å². The van der Waals surface area contributed by atoms with Crippen LogP contribution in [0, 0.1) is 5.92 Å². The molecule has 3 rings (SSSR count). The number of nitrogens with zero attached hydrogens (tertiary/aromatic N) is 1. The minimum atomic E-state index is 0.212. The first kappa shape index (κ1) is 10.8. The molecule has 1 saturated carbocycles. The van der Waals surface area contributed by atoms with Crippen molar-refractivity contribution in [2.24, 2.45) is 18.7 Å². The molecular formula is C15H20N2. The van der Waals surface area contributed by atoms with E-state index < -0.39 is 0 Å². The fourth-order valence-electron chi connectivity index (χ4n) is 3.21. The number of fused-ring (bicyclic) bond motifs is 1. The molecule has 0 spiro atoms. The van der Waals surface area contributed by atoms with Crippen LogP contribution in [-0.4, -0.2) is 4.57 Å². The molecule has 1 atom stereocenters. The molecule has 0 aliphatic heterocycles. The van der Waals surface area contributed by atoms with E-state index in [1.165, 1.54) is 42.1 Å². The molecule has 2 heteroatoms. The Morgan fingerprint density at radius 1 is 1.24 bits per heavy atom. The third-order valence-electron chi connectivity index (χ3n) is 4.19. The molecule has 0 amide bonds. The van der Waals surface area contributed by atoms with E-state index in [1.807, 2.05) is 0 Å². The molecule has 2 nitrogen and oxygen atoms in total. The SMILES string of the molecule is Cn1cc([C@H](N)C2CCCC2)c2ccccc21. The molecule has 1 heterocycles. The Kier molecular flexibility index (Phi) is 2.67. The van der Waals surface area contributed by atoms with Gasteiger partial charge in [-0.25, -0.2) is 0 Å². The Morgan fingerprint density at radius 3 is 2.71 bits per heavy atom. The second-order valence-corrected chi connectivity index (χ2v) is 5.28. The van der Waals surface area contributed by atoms with Crippen molar-refractivity contribution in [3.8, 4) is 0 Å². The van der Waals surface area contributed by atoms with Gasteiger partial charge >= 0.3 is 0 Å². The molecule has 0 unspecified atom stereocenters. The highest BCUT2D eigenvalue weighted by Gasteiger charge is 2.25. The predicted molar refractivity (Wildman–Crippen MR) is 71.8 cm³/mol. The average Bonchev–Trinajstić information content (AvgIpc) is 2.97. The van der Waals surface area contributed by atoms with Gasteiger partial charge in [0.15, 0.2) is 0 Å². The summed E-state index contributed by atoms with van der Waals surface area (Å²) < 4.78 is 2.19. The van der Waals surface area contributed by atoms with Crippen LogP contribution >= 0.6 is 0 Å². The van der Waals surface area contributed by atoms with Crippen LogP contribution in [0.3, 0.4) is 0 Å². The highest BCUT2D eigenvalue weighted by atomic mass is 14.9. The van der Waals surface area contributed by atoms with Crippen LogP contribution in [-0.2, 0) is 7.05 Å². The molecular weight excluding hydrogens is 208 g/mol.